The molecule has 128 valence electrons. The lowest BCUT2D eigenvalue weighted by atomic mass is 10.2. The predicted octanol–water partition coefficient (Wildman–Crippen LogP) is 0.00410. The van der Waals surface area contributed by atoms with Crippen molar-refractivity contribution in [3.8, 4) is 5.75 Å². The van der Waals surface area contributed by atoms with Crippen LogP contribution in [0.15, 0.2) is 18.2 Å². The van der Waals surface area contributed by atoms with Crippen molar-refractivity contribution < 1.29 is 19.2 Å². The largest absolute Gasteiger partial charge is 0.496 e. The van der Waals surface area contributed by atoms with Gasteiger partial charge < -0.3 is 20.3 Å². The molecule has 0 saturated heterocycles. The standard InChI is InChI=1S/C16H24ClN3O3/c1-11(2)19-15(21)8-18-16(22)10-20(3)9-12-7-13(17)5-6-14(12)23-4/h5-7,11H,8-10H2,1-4H3,(H,18,22)(H,19,21)/p+1. The first-order valence-electron chi connectivity index (χ1n) is 7.51. The van der Waals surface area contributed by atoms with Crippen molar-refractivity contribution in [1.82, 2.24) is 10.6 Å². The first kappa shape index (κ1) is 19.3. The molecule has 0 aliphatic carbocycles. The molecule has 6 nitrogen and oxygen atoms in total. The molecule has 0 spiro atoms. The third kappa shape index (κ3) is 7.34. The zero-order valence-electron chi connectivity index (χ0n) is 14.0. The Balaban J connectivity index is 2.47. The van der Waals surface area contributed by atoms with E-state index >= 15 is 0 Å². The summed E-state index contributed by atoms with van der Waals surface area (Å²) in [7, 11) is 3.50. The first-order chi connectivity index (χ1) is 10.8. The number of carbonyl (C=O) groups excluding carboxylic acids is 2. The summed E-state index contributed by atoms with van der Waals surface area (Å²) in [5, 5.41) is 5.96. The van der Waals surface area contributed by atoms with E-state index in [1.165, 1.54) is 0 Å². The van der Waals surface area contributed by atoms with Crippen molar-refractivity contribution in [2.75, 3.05) is 27.2 Å². The summed E-state index contributed by atoms with van der Waals surface area (Å²) in [6.07, 6.45) is 0. The predicted molar refractivity (Wildman–Crippen MR) is 89.8 cm³/mol. The number of hydrogen-bond acceptors (Lipinski definition) is 3. The van der Waals surface area contributed by atoms with Gasteiger partial charge in [0.05, 0.1) is 20.7 Å². The van der Waals surface area contributed by atoms with E-state index in [-0.39, 0.29) is 30.9 Å². The molecule has 1 unspecified atom stereocenters. The minimum absolute atomic E-state index is 0.00915. The van der Waals surface area contributed by atoms with Gasteiger partial charge in [0.1, 0.15) is 12.3 Å². The van der Waals surface area contributed by atoms with Gasteiger partial charge in [-0.15, -0.1) is 0 Å². The van der Waals surface area contributed by atoms with Gasteiger partial charge in [0.15, 0.2) is 6.54 Å². The number of ether oxygens (including phenoxy) is 1. The molecule has 7 heteroatoms. The van der Waals surface area contributed by atoms with Crippen LogP contribution in [0.25, 0.3) is 0 Å². The van der Waals surface area contributed by atoms with E-state index in [1.54, 1.807) is 19.2 Å². The number of nitrogens with one attached hydrogen (secondary N) is 3. The minimum atomic E-state index is -0.192. The van der Waals surface area contributed by atoms with E-state index in [0.29, 0.717) is 11.6 Å². The number of likely N-dealkylation sites (N-methyl/N-ethyl adjacent to an activating group) is 1. The molecule has 1 aromatic carbocycles. The van der Waals surface area contributed by atoms with Gasteiger partial charge in [0.2, 0.25) is 5.91 Å². The quantitative estimate of drug-likeness (QED) is 0.623. The molecule has 0 radical (unpaired) electrons. The maximum Gasteiger partial charge on any atom is 0.275 e. The van der Waals surface area contributed by atoms with E-state index in [9.17, 15) is 9.59 Å². The highest BCUT2D eigenvalue weighted by Crippen LogP contribution is 2.21. The Labute approximate surface area is 142 Å². The molecule has 1 atom stereocenters. The number of methoxy groups -OCH3 is 1. The van der Waals surface area contributed by atoms with Gasteiger partial charge in [-0.3, -0.25) is 9.59 Å². The van der Waals surface area contributed by atoms with Crippen molar-refractivity contribution in [2.45, 2.75) is 26.4 Å². The average molecular weight is 343 g/mol. The zero-order valence-corrected chi connectivity index (χ0v) is 14.8. The molecule has 0 aliphatic rings. The maximum absolute atomic E-state index is 11.9. The van der Waals surface area contributed by atoms with Gasteiger partial charge in [-0.05, 0) is 32.0 Å². The second-order valence-corrected chi connectivity index (χ2v) is 6.20. The lowest BCUT2D eigenvalue weighted by Crippen LogP contribution is -3.08. The monoisotopic (exact) mass is 342 g/mol. The summed E-state index contributed by atoms with van der Waals surface area (Å²) in [6, 6.07) is 5.46. The van der Waals surface area contributed by atoms with Gasteiger partial charge in [-0.1, -0.05) is 11.6 Å². The summed E-state index contributed by atoms with van der Waals surface area (Å²) in [5.74, 6) is 0.371. The third-order valence-electron chi connectivity index (χ3n) is 3.09. The SMILES string of the molecule is COc1ccc(Cl)cc1C[NH+](C)CC(=O)NCC(=O)NC(C)C. The lowest BCUT2D eigenvalue weighted by molar-refractivity contribution is -0.885. The summed E-state index contributed by atoms with van der Waals surface area (Å²) >= 11 is 6.00. The van der Waals surface area contributed by atoms with Crippen LogP contribution >= 0.6 is 11.6 Å². The molecular formula is C16H25ClN3O3+. The van der Waals surface area contributed by atoms with Crippen molar-refractivity contribution in [2.24, 2.45) is 0 Å². The summed E-state index contributed by atoms with van der Waals surface area (Å²) in [6.45, 7) is 4.58. The third-order valence-corrected chi connectivity index (χ3v) is 3.33. The Kier molecular flexibility index (Phi) is 7.85. The van der Waals surface area contributed by atoms with Crippen LogP contribution in [-0.2, 0) is 16.1 Å². The number of hydrogen-bond donors (Lipinski definition) is 3. The number of benzene rings is 1. The Hall–Kier alpha value is -1.79. The number of rotatable bonds is 8. The topological polar surface area (TPSA) is 71.9 Å². The molecule has 0 aliphatic heterocycles. The van der Waals surface area contributed by atoms with Crippen LogP contribution in [0, 0.1) is 0 Å². The molecule has 23 heavy (non-hydrogen) atoms. The Bertz CT molecular complexity index is 549. The van der Waals surface area contributed by atoms with Crippen molar-refractivity contribution in [3.05, 3.63) is 28.8 Å². The van der Waals surface area contributed by atoms with Crippen LogP contribution in [0.2, 0.25) is 5.02 Å². The smallest absolute Gasteiger partial charge is 0.275 e. The Morgan fingerprint density at radius 3 is 2.61 bits per heavy atom. The summed E-state index contributed by atoms with van der Waals surface area (Å²) in [5.41, 5.74) is 0.933. The number of carbonyl (C=O) groups is 2. The first-order valence-corrected chi connectivity index (χ1v) is 7.89. The van der Waals surface area contributed by atoms with E-state index in [4.69, 9.17) is 16.3 Å². The van der Waals surface area contributed by atoms with Crippen molar-refractivity contribution in [1.29, 1.82) is 0 Å². The van der Waals surface area contributed by atoms with Gasteiger partial charge >= 0.3 is 0 Å². The Morgan fingerprint density at radius 1 is 1.30 bits per heavy atom. The van der Waals surface area contributed by atoms with E-state index < -0.39 is 0 Å². The molecular weight excluding hydrogens is 318 g/mol. The second kappa shape index (κ2) is 9.37. The fraction of sp³-hybridized carbons (Fsp3) is 0.500. The van der Waals surface area contributed by atoms with Gasteiger partial charge in [0.25, 0.3) is 5.91 Å². The molecule has 0 heterocycles. The lowest BCUT2D eigenvalue weighted by Gasteiger charge is -2.16. The molecule has 3 N–H and O–H groups in total. The maximum atomic E-state index is 11.9. The molecule has 1 aromatic rings. The molecule has 0 aromatic heterocycles. The van der Waals surface area contributed by atoms with Gasteiger partial charge in [-0.25, -0.2) is 0 Å². The zero-order chi connectivity index (χ0) is 17.4. The average Bonchev–Trinajstić information content (AvgIpc) is 2.44. The fourth-order valence-corrected chi connectivity index (χ4v) is 2.36. The van der Waals surface area contributed by atoms with Crippen molar-refractivity contribution in [3.63, 3.8) is 0 Å². The minimum Gasteiger partial charge on any atom is -0.496 e. The molecule has 1 rings (SSSR count). The van der Waals surface area contributed by atoms with E-state index in [2.05, 4.69) is 10.6 Å². The van der Waals surface area contributed by atoms with Crippen LogP contribution in [0.3, 0.4) is 0 Å². The van der Waals surface area contributed by atoms with Crippen LogP contribution in [0.5, 0.6) is 5.75 Å². The van der Waals surface area contributed by atoms with Gasteiger partial charge in [0, 0.05) is 16.6 Å². The van der Waals surface area contributed by atoms with Gasteiger partial charge in [-0.2, -0.15) is 0 Å². The normalized spacial score (nSPS) is 11.9. The van der Waals surface area contributed by atoms with Crippen molar-refractivity contribution >= 4 is 23.4 Å². The number of halogens is 1. The fourth-order valence-electron chi connectivity index (χ4n) is 2.16. The highest BCUT2D eigenvalue weighted by atomic mass is 35.5. The van der Waals surface area contributed by atoms with Crippen LogP contribution in [0.4, 0.5) is 0 Å². The second-order valence-electron chi connectivity index (χ2n) is 5.77. The summed E-state index contributed by atoms with van der Waals surface area (Å²) in [4.78, 5) is 24.3. The van der Waals surface area contributed by atoms with E-state index in [1.807, 2.05) is 27.0 Å². The van der Waals surface area contributed by atoms with Crippen LogP contribution in [0.1, 0.15) is 19.4 Å². The highest BCUT2D eigenvalue weighted by molar-refractivity contribution is 6.30. The molecule has 0 fully saturated rings. The molecule has 0 saturated carbocycles. The van der Waals surface area contributed by atoms with Crippen LogP contribution < -0.4 is 20.3 Å². The highest BCUT2D eigenvalue weighted by Gasteiger charge is 2.14. The van der Waals surface area contributed by atoms with Crippen LogP contribution in [-0.4, -0.2) is 45.1 Å². The molecule has 2 amide bonds. The Morgan fingerprint density at radius 2 is 2.00 bits per heavy atom. The summed E-state index contributed by atoms with van der Waals surface area (Å²) < 4.78 is 5.30. The van der Waals surface area contributed by atoms with E-state index in [0.717, 1.165) is 16.2 Å². The number of quaternary nitrogens is 1. The number of amides is 2. The molecule has 0 bridgehead atoms.